The van der Waals surface area contributed by atoms with Crippen molar-refractivity contribution in [2.75, 3.05) is 12.8 Å². The lowest BCUT2D eigenvalue weighted by molar-refractivity contribution is -0.127. The summed E-state index contributed by atoms with van der Waals surface area (Å²) < 4.78 is 15.1. The fraction of sp³-hybridized carbons (Fsp3) is 0.192. The standard InChI is InChI=1S/C26H24FN3O2S/c1-3-19-10-4-7-14-23(19)30-25(32)21-12-5-6-13-22(21)28-26(30)33-17-24(31)29(2)16-18-9-8-11-20(27)15-18/h4-15H,3,16-17H2,1-2H3. The Bertz CT molecular complexity index is 1370. The Morgan fingerprint density at radius 2 is 1.82 bits per heavy atom. The van der Waals surface area contributed by atoms with Crippen molar-refractivity contribution in [3.8, 4) is 5.69 Å². The van der Waals surface area contributed by atoms with E-state index in [1.54, 1.807) is 40.8 Å². The zero-order valence-electron chi connectivity index (χ0n) is 18.5. The van der Waals surface area contributed by atoms with Crippen molar-refractivity contribution in [2.24, 2.45) is 0 Å². The molecule has 0 fully saturated rings. The van der Waals surface area contributed by atoms with Gasteiger partial charge in [-0.1, -0.05) is 61.2 Å². The number of aryl methyl sites for hydroxylation is 1. The Morgan fingerprint density at radius 1 is 1.06 bits per heavy atom. The van der Waals surface area contributed by atoms with E-state index >= 15 is 0 Å². The van der Waals surface area contributed by atoms with Crippen molar-refractivity contribution in [3.63, 3.8) is 0 Å². The summed E-state index contributed by atoms with van der Waals surface area (Å²) in [7, 11) is 1.68. The molecular formula is C26H24FN3O2S. The van der Waals surface area contributed by atoms with Crippen LogP contribution in [-0.4, -0.2) is 33.2 Å². The topological polar surface area (TPSA) is 55.2 Å². The average Bonchev–Trinajstić information content (AvgIpc) is 2.82. The number of hydrogen-bond acceptors (Lipinski definition) is 4. The van der Waals surface area contributed by atoms with Crippen LogP contribution in [0.1, 0.15) is 18.1 Å². The molecule has 0 N–H and O–H groups in total. The van der Waals surface area contributed by atoms with Gasteiger partial charge in [-0.25, -0.2) is 9.37 Å². The predicted octanol–water partition coefficient (Wildman–Crippen LogP) is 4.84. The summed E-state index contributed by atoms with van der Waals surface area (Å²) in [5.74, 6) is -0.367. The molecule has 4 aromatic rings. The van der Waals surface area contributed by atoms with E-state index in [1.807, 2.05) is 43.3 Å². The summed E-state index contributed by atoms with van der Waals surface area (Å²) in [6.07, 6.45) is 0.759. The highest BCUT2D eigenvalue weighted by atomic mass is 32.2. The first-order chi connectivity index (χ1) is 16.0. The van der Waals surface area contributed by atoms with Crippen molar-refractivity contribution >= 4 is 28.6 Å². The lowest BCUT2D eigenvalue weighted by atomic mass is 10.1. The second kappa shape index (κ2) is 10.0. The number of rotatable bonds is 7. The Labute approximate surface area is 195 Å². The maximum absolute atomic E-state index is 13.5. The third-order valence-electron chi connectivity index (χ3n) is 5.42. The molecule has 0 aliphatic carbocycles. The van der Waals surface area contributed by atoms with Crippen LogP contribution in [0, 0.1) is 5.82 Å². The van der Waals surface area contributed by atoms with E-state index < -0.39 is 0 Å². The van der Waals surface area contributed by atoms with E-state index in [-0.39, 0.29) is 23.0 Å². The van der Waals surface area contributed by atoms with Crippen LogP contribution < -0.4 is 5.56 Å². The van der Waals surface area contributed by atoms with Crippen molar-refractivity contribution in [1.82, 2.24) is 14.5 Å². The molecule has 0 spiro atoms. The largest absolute Gasteiger partial charge is 0.341 e. The van der Waals surface area contributed by atoms with Gasteiger partial charge in [-0.15, -0.1) is 0 Å². The van der Waals surface area contributed by atoms with Crippen LogP contribution in [0.3, 0.4) is 0 Å². The highest BCUT2D eigenvalue weighted by Crippen LogP contribution is 2.24. The molecule has 33 heavy (non-hydrogen) atoms. The van der Waals surface area contributed by atoms with E-state index in [4.69, 9.17) is 4.98 Å². The summed E-state index contributed by atoms with van der Waals surface area (Å²) in [4.78, 5) is 32.5. The second-order valence-corrected chi connectivity index (χ2v) is 8.65. The van der Waals surface area contributed by atoms with E-state index in [2.05, 4.69) is 0 Å². The molecular weight excluding hydrogens is 437 g/mol. The number of carbonyl (C=O) groups excluding carboxylic acids is 1. The minimum Gasteiger partial charge on any atom is -0.341 e. The number of halogens is 1. The molecule has 7 heteroatoms. The molecule has 0 saturated carbocycles. The highest BCUT2D eigenvalue weighted by molar-refractivity contribution is 7.99. The third-order valence-corrected chi connectivity index (χ3v) is 6.34. The predicted molar refractivity (Wildman–Crippen MR) is 130 cm³/mol. The number of fused-ring (bicyclic) bond motifs is 1. The first-order valence-electron chi connectivity index (χ1n) is 10.7. The highest BCUT2D eigenvalue weighted by Gasteiger charge is 2.18. The van der Waals surface area contributed by atoms with Gasteiger partial charge in [0.1, 0.15) is 5.82 Å². The van der Waals surface area contributed by atoms with Crippen LogP contribution in [0.4, 0.5) is 4.39 Å². The molecule has 0 saturated heterocycles. The summed E-state index contributed by atoms with van der Waals surface area (Å²) in [6, 6.07) is 21.2. The fourth-order valence-electron chi connectivity index (χ4n) is 3.68. The van der Waals surface area contributed by atoms with Crippen molar-refractivity contribution in [3.05, 3.63) is 100 Å². The molecule has 0 atom stereocenters. The van der Waals surface area contributed by atoms with Crippen molar-refractivity contribution in [1.29, 1.82) is 0 Å². The van der Waals surface area contributed by atoms with Gasteiger partial charge in [-0.3, -0.25) is 14.2 Å². The molecule has 1 aromatic heterocycles. The molecule has 0 aliphatic heterocycles. The monoisotopic (exact) mass is 461 g/mol. The third kappa shape index (κ3) is 4.98. The summed E-state index contributed by atoms with van der Waals surface area (Å²) in [5.41, 5.74) is 2.94. The molecule has 1 amide bonds. The number of carbonyl (C=O) groups is 1. The minimum atomic E-state index is -0.332. The first-order valence-corrected chi connectivity index (χ1v) is 11.7. The molecule has 0 unspecified atom stereocenters. The van der Waals surface area contributed by atoms with Gasteiger partial charge >= 0.3 is 0 Å². The molecule has 0 bridgehead atoms. The molecule has 1 heterocycles. The minimum absolute atomic E-state index is 0.102. The molecule has 5 nitrogen and oxygen atoms in total. The molecule has 0 aliphatic rings. The summed E-state index contributed by atoms with van der Waals surface area (Å²) in [6.45, 7) is 2.34. The number of aromatic nitrogens is 2. The van der Waals surface area contributed by atoms with Crippen LogP contribution in [0.5, 0.6) is 0 Å². The molecule has 168 valence electrons. The molecule has 4 rings (SSSR count). The van der Waals surface area contributed by atoms with Gasteiger partial charge in [0.15, 0.2) is 5.16 Å². The average molecular weight is 462 g/mol. The van der Waals surface area contributed by atoms with Gasteiger partial charge < -0.3 is 4.90 Å². The Morgan fingerprint density at radius 3 is 2.61 bits per heavy atom. The van der Waals surface area contributed by atoms with E-state index in [0.717, 1.165) is 17.7 Å². The normalized spacial score (nSPS) is 11.0. The Kier molecular flexibility index (Phi) is 6.89. The van der Waals surface area contributed by atoms with E-state index in [9.17, 15) is 14.0 Å². The lowest BCUT2D eigenvalue weighted by Crippen LogP contribution is -2.28. The summed E-state index contributed by atoms with van der Waals surface area (Å²) >= 11 is 1.23. The maximum atomic E-state index is 13.5. The number of thioether (sulfide) groups is 1. The molecule has 0 radical (unpaired) electrons. The van der Waals surface area contributed by atoms with Crippen LogP contribution >= 0.6 is 11.8 Å². The summed E-state index contributed by atoms with van der Waals surface area (Å²) in [5, 5.41) is 0.995. The van der Waals surface area contributed by atoms with Gasteiger partial charge in [0.25, 0.3) is 5.56 Å². The van der Waals surface area contributed by atoms with Gasteiger partial charge in [0, 0.05) is 13.6 Å². The number of amides is 1. The van der Waals surface area contributed by atoms with Crippen LogP contribution in [0.25, 0.3) is 16.6 Å². The van der Waals surface area contributed by atoms with Crippen LogP contribution in [-0.2, 0) is 17.8 Å². The Balaban J connectivity index is 1.65. The van der Waals surface area contributed by atoms with Crippen molar-refractivity contribution < 1.29 is 9.18 Å². The number of hydrogen-bond donors (Lipinski definition) is 0. The maximum Gasteiger partial charge on any atom is 0.266 e. The van der Waals surface area contributed by atoms with Gasteiger partial charge in [-0.2, -0.15) is 0 Å². The lowest BCUT2D eigenvalue weighted by Gasteiger charge is -2.19. The van der Waals surface area contributed by atoms with Gasteiger partial charge in [0.05, 0.1) is 22.3 Å². The zero-order valence-corrected chi connectivity index (χ0v) is 19.3. The molecule has 3 aromatic carbocycles. The van der Waals surface area contributed by atoms with Crippen molar-refractivity contribution in [2.45, 2.75) is 25.0 Å². The second-order valence-electron chi connectivity index (χ2n) is 7.70. The van der Waals surface area contributed by atoms with Crippen LogP contribution in [0.15, 0.2) is 82.7 Å². The number of nitrogens with zero attached hydrogens (tertiary/aromatic N) is 3. The smallest absolute Gasteiger partial charge is 0.266 e. The SMILES string of the molecule is CCc1ccccc1-n1c(SCC(=O)N(C)Cc2cccc(F)c2)nc2ccccc2c1=O. The van der Waals surface area contributed by atoms with Crippen LogP contribution in [0.2, 0.25) is 0 Å². The fourth-order valence-corrected chi connectivity index (χ4v) is 4.63. The first kappa shape index (κ1) is 22.7. The quantitative estimate of drug-likeness (QED) is 0.292. The zero-order chi connectivity index (χ0) is 23.4. The number of benzene rings is 3. The Hall–Kier alpha value is -3.45. The number of para-hydroxylation sites is 2. The van der Waals surface area contributed by atoms with E-state index in [1.165, 1.54) is 23.9 Å². The van der Waals surface area contributed by atoms with Gasteiger partial charge in [0.2, 0.25) is 5.91 Å². The van der Waals surface area contributed by atoms with E-state index in [0.29, 0.717) is 28.2 Å². The van der Waals surface area contributed by atoms with Gasteiger partial charge in [-0.05, 0) is 47.9 Å².